The summed E-state index contributed by atoms with van der Waals surface area (Å²) in [5, 5.41) is 3.17. The Hall–Kier alpha value is -2.62. The highest BCUT2D eigenvalue weighted by atomic mass is 16.1. The molecule has 1 saturated carbocycles. The fourth-order valence-corrected chi connectivity index (χ4v) is 4.13. The second-order valence-corrected chi connectivity index (χ2v) is 7.80. The van der Waals surface area contributed by atoms with E-state index >= 15 is 0 Å². The minimum absolute atomic E-state index is 0.0834. The molecule has 0 bridgehead atoms. The van der Waals surface area contributed by atoms with Crippen LogP contribution in [0.2, 0.25) is 0 Å². The van der Waals surface area contributed by atoms with Crippen molar-refractivity contribution in [2.45, 2.75) is 52.4 Å². The second-order valence-electron chi connectivity index (χ2n) is 7.80. The summed E-state index contributed by atoms with van der Waals surface area (Å²) < 4.78 is 2.00. The molecule has 1 aliphatic carbocycles. The fourth-order valence-electron chi connectivity index (χ4n) is 4.13. The van der Waals surface area contributed by atoms with Crippen molar-refractivity contribution in [1.29, 1.82) is 0 Å². The summed E-state index contributed by atoms with van der Waals surface area (Å²) in [6.07, 6.45) is 8.79. The van der Waals surface area contributed by atoms with Crippen LogP contribution in [-0.2, 0) is 4.79 Å². The van der Waals surface area contributed by atoms with Crippen molar-refractivity contribution < 1.29 is 4.79 Å². The molecule has 140 valence electrons. The van der Waals surface area contributed by atoms with Crippen LogP contribution < -0.4 is 5.32 Å². The first kappa shape index (κ1) is 17.8. The van der Waals surface area contributed by atoms with Gasteiger partial charge in [-0.05, 0) is 43.4 Å². The van der Waals surface area contributed by atoms with E-state index in [4.69, 9.17) is 4.98 Å². The number of anilines is 1. The monoisotopic (exact) mass is 361 g/mol. The molecule has 1 aliphatic rings. The van der Waals surface area contributed by atoms with Gasteiger partial charge in [0.2, 0.25) is 5.91 Å². The number of nitrogens with one attached hydrogen (secondary N) is 1. The van der Waals surface area contributed by atoms with Gasteiger partial charge in [0.15, 0.2) is 0 Å². The Labute approximate surface area is 160 Å². The molecule has 0 aliphatic heterocycles. The molecule has 0 unspecified atom stereocenters. The van der Waals surface area contributed by atoms with E-state index in [1.807, 2.05) is 28.8 Å². The number of hydrogen-bond donors (Lipinski definition) is 1. The SMILES string of the molecule is Cc1ccc2nc(-c3ccccc3C)c(NC(=O)CCC3CCCC3)n2c1. The molecule has 1 N–H and O–H groups in total. The van der Waals surface area contributed by atoms with Gasteiger partial charge >= 0.3 is 0 Å². The van der Waals surface area contributed by atoms with Crippen LogP contribution >= 0.6 is 0 Å². The Bertz CT molecular complexity index is 967. The van der Waals surface area contributed by atoms with Crippen molar-refractivity contribution in [3.63, 3.8) is 0 Å². The number of rotatable bonds is 5. The van der Waals surface area contributed by atoms with E-state index in [-0.39, 0.29) is 5.91 Å². The average Bonchev–Trinajstić information content (AvgIpc) is 3.29. The first-order valence-corrected chi connectivity index (χ1v) is 9.96. The summed E-state index contributed by atoms with van der Waals surface area (Å²) in [6.45, 7) is 4.13. The Balaban J connectivity index is 1.66. The van der Waals surface area contributed by atoms with E-state index in [9.17, 15) is 4.79 Å². The van der Waals surface area contributed by atoms with Crippen molar-refractivity contribution in [3.8, 4) is 11.3 Å². The number of imidazole rings is 1. The predicted octanol–water partition coefficient (Wildman–Crippen LogP) is 5.53. The minimum atomic E-state index is 0.0834. The largest absolute Gasteiger partial charge is 0.310 e. The van der Waals surface area contributed by atoms with E-state index in [1.165, 1.54) is 25.7 Å². The summed E-state index contributed by atoms with van der Waals surface area (Å²) in [5.41, 5.74) is 5.04. The first-order valence-electron chi connectivity index (χ1n) is 9.96. The average molecular weight is 361 g/mol. The fraction of sp³-hybridized carbons (Fsp3) is 0.391. The molecule has 1 aromatic carbocycles. The minimum Gasteiger partial charge on any atom is -0.310 e. The number of benzene rings is 1. The zero-order valence-corrected chi connectivity index (χ0v) is 16.2. The van der Waals surface area contributed by atoms with Crippen LogP contribution in [0.15, 0.2) is 42.6 Å². The van der Waals surface area contributed by atoms with Gasteiger partial charge in [-0.15, -0.1) is 0 Å². The third kappa shape index (κ3) is 3.75. The smallest absolute Gasteiger partial charge is 0.225 e. The van der Waals surface area contributed by atoms with Gasteiger partial charge in [-0.1, -0.05) is 56.0 Å². The lowest BCUT2D eigenvalue weighted by atomic mass is 10.0. The van der Waals surface area contributed by atoms with Gasteiger partial charge in [0.25, 0.3) is 0 Å². The number of carbonyl (C=O) groups excluding carboxylic acids is 1. The second kappa shape index (κ2) is 7.55. The third-order valence-corrected chi connectivity index (χ3v) is 5.68. The first-order chi connectivity index (χ1) is 13.1. The molecule has 4 nitrogen and oxygen atoms in total. The molecule has 4 heteroatoms. The highest BCUT2D eigenvalue weighted by Crippen LogP contribution is 2.32. The number of amides is 1. The van der Waals surface area contributed by atoms with Crippen LogP contribution in [0.25, 0.3) is 16.9 Å². The van der Waals surface area contributed by atoms with Crippen LogP contribution in [0.4, 0.5) is 5.82 Å². The van der Waals surface area contributed by atoms with Gasteiger partial charge in [0.05, 0.1) is 0 Å². The molecular weight excluding hydrogens is 334 g/mol. The lowest BCUT2D eigenvalue weighted by Gasteiger charge is -2.11. The highest BCUT2D eigenvalue weighted by Gasteiger charge is 2.20. The van der Waals surface area contributed by atoms with E-state index in [0.29, 0.717) is 6.42 Å². The molecule has 27 heavy (non-hydrogen) atoms. The predicted molar refractivity (Wildman–Crippen MR) is 110 cm³/mol. The maximum Gasteiger partial charge on any atom is 0.225 e. The molecule has 2 aromatic heterocycles. The molecule has 1 fully saturated rings. The maximum atomic E-state index is 12.7. The summed E-state index contributed by atoms with van der Waals surface area (Å²) in [5.74, 6) is 1.58. The van der Waals surface area contributed by atoms with Gasteiger partial charge in [-0.2, -0.15) is 0 Å². The molecule has 0 radical (unpaired) electrons. The molecule has 0 atom stereocenters. The number of hydrogen-bond acceptors (Lipinski definition) is 2. The number of aromatic nitrogens is 2. The Morgan fingerprint density at radius 2 is 1.93 bits per heavy atom. The van der Waals surface area contributed by atoms with E-state index < -0.39 is 0 Å². The van der Waals surface area contributed by atoms with Gasteiger partial charge in [0.1, 0.15) is 17.2 Å². The molecule has 0 spiro atoms. The standard InChI is InChI=1S/C23H27N3O/c1-16-11-13-20-24-22(19-10-6-3-7-17(19)2)23(26(20)15-16)25-21(27)14-12-18-8-4-5-9-18/h3,6-7,10-11,13,15,18H,4-5,8-9,12,14H2,1-2H3,(H,25,27). The van der Waals surface area contributed by atoms with Crippen molar-refractivity contribution in [1.82, 2.24) is 9.38 Å². The molecular formula is C23H27N3O. The van der Waals surface area contributed by atoms with Crippen molar-refractivity contribution in [2.75, 3.05) is 5.32 Å². The normalized spacial score (nSPS) is 14.7. The molecule has 4 rings (SSSR count). The Morgan fingerprint density at radius 1 is 1.15 bits per heavy atom. The van der Waals surface area contributed by atoms with Gasteiger partial charge < -0.3 is 5.32 Å². The topological polar surface area (TPSA) is 46.4 Å². The van der Waals surface area contributed by atoms with Crippen LogP contribution in [0.1, 0.15) is 49.7 Å². The van der Waals surface area contributed by atoms with Crippen LogP contribution in [0.3, 0.4) is 0 Å². The summed E-state index contributed by atoms with van der Waals surface area (Å²) in [4.78, 5) is 17.5. The van der Waals surface area contributed by atoms with Crippen molar-refractivity contribution in [3.05, 3.63) is 53.7 Å². The van der Waals surface area contributed by atoms with Crippen LogP contribution in [0, 0.1) is 19.8 Å². The maximum absolute atomic E-state index is 12.7. The number of aryl methyl sites for hydroxylation is 2. The lowest BCUT2D eigenvalue weighted by Crippen LogP contribution is -2.15. The molecule has 1 amide bonds. The van der Waals surface area contributed by atoms with Crippen LogP contribution in [0.5, 0.6) is 0 Å². The van der Waals surface area contributed by atoms with E-state index in [1.54, 1.807) is 0 Å². The zero-order valence-electron chi connectivity index (χ0n) is 16.2. The van der Waals surface area contributed by atoms with Gasteiger partial charge in [0, 0.05) is 18.2 Å². The van der Waals surface area contributed by atoms with Gasteiger partial charge in [-0.25, -0.2) is 4.98 Å². The summed E-state index contributed by atoms with van der Waals surface area (Å²) in [6, 6.07) is 12.2. The van der Waals surface area contributed by atoms with E-state index in [2.05, 4.69) is 37.4 Å². The number of pyridine rings is 1. The summed E-state index contributed by atoms with van der Waals surface area (Å²) in [7, 11) is 0. The number of nitrogens with zero attached hydrogens (tertiary/aromatic N) is 2. The highest BCUT2D eigenvalue weighted by molar-refractivity contribution is 5.95. The third-order valence-electron chi connectivity index (χ3n) is 5.68. The van der Waals surface area contributed by atoms with Gasteiger partial charge in [-0.3, -0.25) is 9.20 Å². The van der Waals surface area contributed by atoms with E-state index in [0.717, 1.165) is 46.2 Å². The van der Waals surface area contributed by atoms with Crippen molar-refractivity contribution in [2.24, 2.45) is 5.92 Å². The zero-order chi connectivity index (χ0) is 18.8. The summed E-state index contributed by atoms with van der Waals surface area (Å²) >= 11 is 0. The molecule has 0 saturated heterocycles. The van der Waals surface area contributed by atoms with Crippen LogP contribution in [-0.4, -0.2) is 15.3 Å². The lowest BCUT2D eigenvalue weighted by molar-refractivity contribution is -0.116. The number of carbonyl (C=O) groups is 1. The number of fused-ring (bicyclic) bond motifs is 1. The van der Waals surface area contributed by atoms with Crippen molar-refractivity contribution >= 4 is 17.4 Å². The molecule has 2 heterocycles. The Kier molecular flexibility index (Phi) is 4.97. The molecule has 3 aromatic rings. The quantitative estimate of drug-likeness (QED) is 0.650. The Morgan fingerprint density at radius 3 is 2.70 bits per heavy atom.